The number of nitrogens with two attached hydrogens (primary N) is 1. The Hall–Kier alpha value is -0.490. The van der Waals surface area contributed by atoms with Gasteiger partial charge in [0.15, 0.2) is 0 Å². The molecule has 2 unspecified atom stereocenters. The van der Waals surface area contributed by atoms with E-state index in [-0.39, 0.29) is 17.4 Å². The van der Waals surface area contributed by atoms with Crippen LogP contribution in [-0.4, -0.2) is 24.5 Å². The van der Waals surface area contributed by atoms with E-state index in [2.05, 4.69) is 40.1 Å². The summed E-state index contributed by atoms with van der Waals surface area (Å²) < 4.78 is 14.7. The van der Waals surface area contributed by atoms with Crippen molar-refractivity contribution in [1.82, 2.24) is 10.3 Å². The Morgan fingerprint density at radius 2 is 2.11 bits per heavy atom. The number of nitrogens with zero attached hydrogens (tertiary/aromatic N) is 1. The largest absolute Gasteiger partial charge is 0.302 e. The van der Waals surface area contributed by atoms with Crippen LogP contribution in [0.25, 0.3) is 0 Å². The lowest BCUT2D eigenvalue weighted by molar-refractivity contribution is 0.111. The van der Waals surface area contributed by atoms with Crippen LogP contribution in [0.5, 0.6) is 0 Å². The van der Waals surface area contributed by atoms with Gasteiger partial charge in [0.05, 0.1) is 10.5 Å². The molecule has 0 aliphatic rings. The SMILES string of the molecule is CCC(C)(C(NN)c1cccc(Br)c1F)N(C)C. The predicted octanol–water partition coefficient (Wildman–Crippen LogP) is 2.82. The van der Waals surface area contributed by atoms with Crippen molar-refractivity contribution >= 4 is 15.9 Å². The first-order valence-electron chi connectivity index (χ1n) is 5.96. The van der Waals surface area contributed by atoms with Crippen LogP contribution in [0.2, 0.25) is 0 Å². The summed E-state index contributed by atoms with van der Waals surface area (Å²) in [6.45, 7) is 4.14. The summed E-state index contributed by atoms with van der Waals surface area (Å²) in [5, 5.41) is 0. The molecule has 0 aliphatic carbocycles. The number of hydrazine groups is 1. The zero-order valence-corrected chi connectivity index (χ0v) is 12.9. The summed E-state index contributed by atoms with van der Waals surface area (Å²) in [6, 6.07) is 4.99. The number of hydrogen-bond donors (Lipinski definition) is 2. The number of nitrogens with one attached hydrogen (secondary N) is 1. The van der Waals surface area contributed by atoms with Crippen molar-refractivity contribution in [2.75, 3.05) is 14.1 Å². The molecular formula is C13H21BrFN3. The molecule has 2 atom stereocenters. The van der Waals surface area contributed by atoms with E-state index < -0.39 is 0 Å². The van der Waals surface area contributed by atoms with Crippen LogP contribution in [0.4, 0.5) is 4.39 Å². The van der Waals surface area contributed by atoms with Crippen molar-refractivity contribution in [2.45, 2.75) is 31.8 Å². The van der Waals surface area contributed by atoms with E-state index in [0.29, 0.717) is 10.0 Å². The average molecular weight is 318 g/mol. The van der Waals surface area contributed by atoms with Crippen molar-refractivity contribution in [3.05, 3.63) is 34.1 Å². The monoisotopic (exact) mass is 317 g/mol. The maximum atomic E-state index is 14.2. The second-order valence-corrected chi connectivity index (χ2v) is 5.70. The summed E-state index contributed by atoms with van der Waals surface area (Å²) in [5.74, 6) is 5.40. The molecule has 0 fully saturated rings. The van der Waals surface area contributed by atoms with Gasteiger partial charge in [0.2, 0.25) is 0 Å². The molecule has 0 radical (unpaired) electrons. The van der Waals surface area contributed by atoms with Crippen LogP contribution in [0.1, 0.15) is 31.9 Å². The maximum Gasteiger partial charge on any atom is 0.142 e. The molecule has 18 heavy (non-hydrogen) atoms. The van der Waals surface area contributed by atoms with Gasteiger partial charge in [-0.3, -0.25) is 11.3 Å². The lowest BCUT2D eigenvalue weighted by Crippen LogP contribution is -2.53. The smallest absolute Gasteiger partial charge is 0.142 e. The highest BCUT2D eigenvalue weighted by Crippen LogP contribution is 2.35. The van der Waals surface area contributed by atoms with Crippen molar-refractivity contribution in [3.63, 3.8) is 0 Å². The van der Waals surface area contributed by atoms with Crippen LogP contribution >= 0.6 is 15.9 Å². The van der Waals surface area contributed by atoms with Crippen molar-refractivity contribution in [3.8, 4) is 0 Å². The van der Waals surface area contributed by atoms with Crippen LogP contribution in [0.15, 0.2) is 22.7 Å². The Morgan fingerprint density at radius 1 is 1.50 bits per heavy atom. The van der Waals surface area contributed by atoms with Gasteiger partial charge < -0.3 is 4.90 Å². The summed E-state index contributed by atoms with van der Waals surface area (Å²) in [6.07, 6.45) is 0.848. The van der Waals surface area contributed by atoms with Gasteiger partial charge in [0, 0.05) is 11.1 Å². The molecule has 1 aromatic carbocycles. The minimum absolute atomic E-state index is 0.262. The van der Waals surface area contributed by atoms with E-state index >= 15 is 0 Å². The van der Waals surface area contributed by atoms with E-state index in [1.165, 1.54) is 0 Å². The minimum Gasteiger partial charge on any atom is -0.302 e. The standard InChI is InChI=1S/C13H21BrFN3/c1-5-13(2,18(3)4)12(17-16)9-7-6-8-10(14)11(9)15/h6-8,12,17H,5,16H2,1-4H3. The van der Waals surface area contributed by atoms with Crippen LogP contribution in [0.3, 0.4) is 0 Å². The van der Waals surface area contributed by atoms with E-state index in [1.807, 2.05) is 20.2 Å². The van der Waals surface area contributed by atoms with Crippen molar-refractivity contribution < 1.29 is 4.39 Å². The molecule has 102 valence electrons. The average Bonchev–Trinajstić information content (AvgIpc) is 2.34. The number of halogens is 2. The molecule has 3 nitrogen and oxygen atoms in total. The second-order valence-electron chi connectivity index (χ2n) is 4.85. The molecule has 1 rings (SSSR count). The third kappa shape index (κ3) is 2.74. The second kappa shape index (κ2) is 6.10. The Morgan fingerprint density at radius 3 is 2.56 bits per heavy atom. The molecule has 0 amide bonds. The molecule has 0 spiro atoms. The zero-order chi connectivity index (χ0) is 13.9. The first-order valence-corrected chi connectivity index (χ1v) is 6.75. The molecule has 3 N–H and O–H groups in total. The quantitative estimate of drug-likeness (QED) is 0.648. The zero-order valence-electron chi connectivity index (χ0n) is 11.3. The minimum atomic E-state index is -0.282. The van der Waals surface area contributed by atoms with Gasteiger partial charge in [-0.2, -0.15) is 0 Å². The highest BCUT2D eigenvalue weighted by atomic mass is 79.9. The molecule has 0 heterocycles. The van der Waals surface area contributed by atoms with Crippen molar-refractivity contribution in [1.29, 1.82) is 0 Å². The molecule has 0 aliphatic heterocycles. The van der Waals surface area contributed by atoms with Gasteiger partial charge in [0.1, 0.15) is 5.82 Å². The predicted molar refractivity (Wildman–Crippen MR) is 76.5 cm³/mol. The number of hydrogen-bond acceptors (Lipinski definition) is 3. The number of likely N-dealkylation sites (N-methyl/N-ethyl adjacent to an activating group) is 1. The molecule has 1 aromatic rings. The van der Waals surface area contributed by atoms with Crippen LogP contribution in [-0.2, 0) is 0 Å². The van der Waals surface area contributed by atoms with E-state index in [4.69, 9.17) is 5.84 Å². The first-order chi connectivity index (χ1) is 8.38. The lowest BCUT2D eigenvalue weighted by Gasteiger charge is -2.42. The van der Waals surface area contributed by atoms with Crippen LogP contribution in [0, 0.1) is 5.82 Å². The fraction of sp³-hybridized carbons (Fsp3) is 0.538. The highest BCUT2D eigenvalue weighted by molar-refractivity contribution is 9.10. The first kappa shape index (κ1) is 15.6. The molecule has 0 bridgehead atoms. The van der Waals surface area contributed by atoms with E-state index in [0.717, 1.165) is 6.42 Å². The van der Waals surface area contributed by atoms with Gasteiger partial charge in [-0.05, 0) is 49.4 Å². The fourth-order valence-electron chi connectivity index (χ4n) is 2.13. The Bertz CT molecular complexity index is 411. The summed E-state index contributed by atoms with van der Waals surface area (Å²) in [4.78, 5) is 2.07. The summed E-state index contributed by atoms with van der Waals surface area (Å²) >= 11 is 3.21. The van der Waals surface area contributed by atoms with Gasteiger partial charge in [-0.25, -0.2) is 4.39 Å². The summed E-state index contributed by atoms with van der Waals surface area (Å²) in [5.41, 5.74) is 3.06. The topological polar surface area (TPSA) is 41.3 Å². The van der Waals surface area contributed by atoms with Gasteiger partial charge in [0.25, 0.3) is 0 Å². The van der Waals surface area contributed by atoms with Gasteiger partial charge >= 0.3 is 0 Å². The lowest BCUT2D eigenvalue weighted by atomic mass is 9.83. The molecule has 0 aromatic heterocycles. The highest BCUT2D eigenvalue weighted by Gasteiger charge is 2.36. The van der Waals surface area contributed by atoms with Crippen LogP contribution < -0.4 is 11.3 Å². The normalized spacial score (nSPS) is 16.7. The Balaban J connectivity index is 3.29. The Kier molecular flexibility index (Phi) is 5.28. The molecular weight excluding hydrogens is 297 g/mol. The summed E-state index contributed by atoms with van der Waals surface area (Å²) in [7, 11) is 3.95. The van der Waals surface area contributed by atoms with Gasteiger partial charge in [-0.1, -0.05) is 19.1 Å². The number of rotatable bonds is 5. The molecule has 0 saturated carbocycles. The molecule has 5 heteroatoms. The third-order valence-corrected chi connectivity index (χ3v) is 4.43. The fourth-order valence-corrected chi connectivity index (χ4v) is 2.51. The third-order valence-electron chi connectivity index (χ3n) is 3.82. The Labute approximate surface area is 117 Å². The number of benzene rings is 1. The maximum absolute atomic E-state index is 14.2. The van der Waals surface area contributed by atoms with Gasteiger partial charge in [-0.15, -0.1) is 0 Å². The van der Waals surface area contributed by atoms with Crippen molar-refractivity contribution in [2.24, 2.45) is 5.84 Å². The van der Waals surface area contributed by atoms with E-state index in [9.17, 15) is 4.39 Å². The van der Waals surface area contributed by atoms with E-state index in [1.54, 1.807) is 12.1 Å². The molecule has 0 saturated heterocycles.